The minimum Gasteiger partial charge on any atom is -0.366 e. The van der Waals surface area contributed by atoms with Crippen molar-refractivity contribution in [3.8, 4) is 11.3 Å². The zero-order valence-corrected chi connectivity index (χ0v) is 21.6. The van der Waals surface area contributed by atoms with Gasteiger partial charge in [0.1, 0.15) is 13.7 Å². The molecule has 0 aliphatic rings. The van der Waals surface area contributed by atoms with E-state index in [0.29, 0.717) is 22.9 Å². The Balaban J connectivity index is 1.34. The number of amides is 2. The SMILES string of the molecule is Bc1cccc(NC(=O)Nc2cccc(CNc3cc(-c4ccccc4Cl)nc4c(Br)cnn34)c2)c1. The second-order valence-corrected chi connectivity index (χ2v) is 9.50. The van der Waals surface area contributed by atoms with Crippen LogP contribution >= 0.6 is 27.5 Å². The van der Waals surface area contributed by atoms with Crippen molar-refractivity contribution in [1.82, 2.24) is 14.6 Å². The summed E-state index contributed by atoms with van der Waals surface area (Å²) < 4.78 is 2.52. The Morgan fingerprint density at radius 1 is 0.972 bits per heavy atom. The Kier molecular flexibility index (Phi) is 6.93. The van der Waals surface area contributed by atoms with Gasteiger partial charge in [0, 0.05) is 34.6 Å². The lowest BCUT2D eigenvalue weighted by Crippen LogP contribution is -2.20. The molecule has 0 aliphatic heterocycles. The van der Waals surface area contributed by atoms with Gasteiger partial charge in [0.25, 0.3) is 0 Å². The van der Waals surface area contributed by atoms with Gasteiger partial charge in [0.05, 0.1) is 16.4 Å². The molecule has 0 bridgehead atoms. The van der Waals surface area contributed by atoms with Crippen molar-refractivity contribution in [2.75, 3.05) is 16.0 Å². The normalized spacial score (nSPS) is 10.8. The molecule has 2 heterocycles. The number of aromatic nitrogens is 3. The molecule has 0 aliphatic carbocycles. The van der Waals surface area contributed by atoms with Gasteiger partial charge >= 0.3 is 6.03 Å². The number of halogens is 2. The highest BCUT2D eigenvalue weighted by atomic mass is 79.9. The van der Waals surface area contributed by atoms with Gasteiger partial charge in [-0.25, -0.2) is 9.78 Å². The molecule has 3 N–H and O–H groups in total. The summed E-state index contributed by atoms with van der Waals surface area (Å²) in [5, 5.41) is 14.3. The molecular formula is C26H21BBrClN6O. The average Bonchev–Trinajstić information content (AvgIpc) is 3.24. The van der Waals surface area contributed by atoms with Crippen LogP contribution in [0.3, 0.4) is 0 Å². The molecule has 7 nitrogen and oxygen atoms in total. The number of hydrogen-bond acceptors (Lipinski definition) is 4. The van der Waals surface area contributed by atoms with E-state index in [-0.39, 0.29) is 6.03 Å². The Morgan fingerprint density at radius 3 is 2.50 bits per heavy atom. The number of benzene rings is 3. The summed E-state index contributed by atoms with van der Waals surface area (Å²) in [7, 11) is 1.98. The summed E-state index contributed by atoms with van der Waals surface area (Å²) in [4.78, 5) is 17.2. The Hall–Kier alpha value is -3.82. The summed E-state index contributed by atoms with van der Waals surface area (Å²) in [6, 6.07) is 24.5. The molecule has 178 valence electrons. The molecule has 5 rings (SSSR count). The van der Waals surface area contributed by atoms with Crippen LogP contribution < -0.4 is 21.4 Å². The Morgan fingerprint density at radius 2 is 1.72 bits per heavy atom. The van der Waals surface area contributed by atoms with E-state index < -0.39 is 0 Å². The van der Waals surface area contributed by atoms with E-state index in [9.17, 15) is 4.79 Å². The lowest BCUT2D eigenvalue weighted by atomic mass is 9.96. The number of anilines is 3. The highest BCUT2D eigenvalue weighted by molar-refractivity contribution is 9.10. The van der Waals surface area contributed by atoms with Crippen molar-refractivity contribution in [3.05, 3.63) is 100 Å². The fourth-order valence-electron chi connectivity index (χ4n) is 3.84. The smallest absolute Gasteiger partial charge is 0.323 e. The van der Waals surface area contributed by atoms with Gasteiger partial charge in [-0.15, -0.1) is 0 Å². The molecule has 0 atom stereocenters. The number of nitrogens with zero attached hydrogens (tertiary/aromatic N) is 3. The molecular weight excluding hydrogens is 538 g/mol. The maximum absolute atomic E-state index is 12.5. The molecule has 2 aromatic heterocycles. The minimum atomic E-state index is -0.299. The van der Waals surface area contributed by atoms with E-state index in [0.717, 1.165) is 38.3 Å². The van der Waals surface area contributed by atoms with Gasteiger partial charge in [0.15, 0.2) is 5.65 Å². The molecule has 2 amide bonds. The van der Waals surface area contributed by atoms with Crippen molar-refractivity contribution in [1.29, 1.82) is 0 Å². The van der Waals surface area contributed by atoms with Crippen LogP contribution in [0.15, 0.2) is 89.5 Å². The molecule has 0 saturated heterocycles. The van der Waals surface area contributed by atoms with Crippen LogP contribution in [-0.2, 0) is 6.54 Å². The summed E-state index contributed by atoms with van der Waals surface area (Å²) in [6.45, 7) is 0.508. The fourth-order valence-corrected chi connectivity index (χ4v) is 4.42. The average molecular weight is 560 g/mol. The molecule has 0 spiro atoms. The first kappa shape index (κ1) is 23.9. The summed E-state index contributed by atoms with van der Waals surface area (Å²) in [5.41, 5.74) is 5.75. The molecule has 0 fully saturated rings. The van der Waals surface area contributed by atoms with Crippen molar-refractivity contribution < 1.29 is 4.79 Å². The van der Waals surface area contributed by atoms with Crippen molar-refractivity contribution in [3.63, 3.8) is 0 Å². The van der Waals surface area contributed by atoms with Gasteiger partial charge in [-0.1, -0.05) is 59.5 Å². The van der Waals surface area contributed by atoms with E-state index >= 15 is 0 Å². The maximum atomic E-state index is 12.5. The molecule has 0 radical (unpaired) electrons. The first-order valence-corrected chi connectivity index (χ1v) is 12.4. The summed E-state index contributed by atoms with van der Waals surface area (Å²) >= 11 is 9.96. The predicted molar refractivity (Wildman–Crippen MR) is 152 cm³/mol. The summed E-state index contributed by atoms with van der Waals surface area (Å²) in [5.74, 6) is 0.760. The molecule has 10 heteroatoms. The Labute approximate surface area is 222 Å². The maximum Gasteiger partial charge on any atom is 0.323 e. The number of nitrogens with one attached hydrogen (secondary N) is 3. The number of hydrogen-bond donors (Lipinski definition) is 3. The van der Waals surface area contributed by atoms with E-state index in [4.69, 9.17) is 16.6 Å². The van der Waals surface area contributed by atoms with Crippen LogP contribution in [0.5, 0.6) is 0 Å². The molecule has 0 saturated carbocycles. The zero-order valence-electron chi connectivity index (χ0n) is 19.3. The monoisotopic (exact) mass is 558 g/mol. The van der Waals surface area contributed by atoms with Crippen LogP contribution in [-0.4, -0.2) is 28.5 Å². The van der Waals surface area contributed by atoms with E-state index in [1.165, 1.54) is 0 Å². The third-order valence-electron chi connectivity index (χ3n) is 5.51. The molecule has 36 heavy (non-hydrogen) atoms. The molecule has 0 unspecified atom stereocenters. The minimum absolute atomic E-state index is 0.299. The van der Waals surface area contributed by atoms with E-state index in [1.54, 1.807) is 10.7 Å². The number of rotatable bonds is 6. The third-order valence-corrected chi connectivity index (χ3v) is 6.40. The number of carbonyl (C=O) groups is 1. The quantitative estimate of drug-likeness (QED) is 0.246. The standard InChI is InChI=1S/C26H21BBrClN6O/c27-17-6-4-8-19(12-17)33-26(36)32-18-7-3-5-16(11-18)14-30-24-13-23(20-9-1-2-10-22(20)29)34-25-21(28)15-31-35(24)25/h1-13,15,30H,14,27H2,(H2,32,33,36). The first-order valence-electron chi connectivity index (χ1n) is 11.2. The second-order valence-electron chi connectivity index (χ2n) is 8.24. The third kappa shape index (κ3) is 5.37. The van der Waals surface area contributed by atoms with Crippen LogP contribution in [0.2, 0.25) is 5.02 Å². The fraction of sp³-hybridized carbons (Fsp3) is 0.0385. The van der Waals surface area contributed by atoms with Crippen LogP contribution in [0.1, 0.15) is 5.56 Å². The lowest BCUT2D eigenvalue weighted by molar-refractivity contribution is 0.262. The Bertz CT molecular complexity index is 1570. The van der Waals surface area contributed by atoms with Crippen molar-refractivity contribution in [2.24, 2.45) is 0 Å². The van der Waals surface area contributed by atoms with Crippen molar-refractivity contribution >= 4 is 69.7 Å². The highest BCUT2D eigenvalue weighted by Crippen LogP contribution is 2.30. The second kappa shape index (κ2) is 10.4. The predicted octanol–water partition coefficient (Wildman–Crippen LogP) is 5.33. The molecule has 3 aromatic carbocycles. The van der Waals surface area contributed by atoms with Crippen LogP contribution in [0, 0.1) is 0 Å². The first-order chi connectivity index (χ1) is 17.5. The number of fused-ring (bicyclic) bond motifs is 1. The zero-order chi connectivity index (χ0) is 25.1. The summed E-state index contributed by atoms with van der Waals surface area (Å²) in [6.07, 6.45) is 1.71. The van der Waals surface area contributed by atoms with Gasteiger partial charge < -0.3 is 16.0 Å². The van der Waals surface area contributed by atoms with Gasteiger partial charge in [0.2, 0.25) is 0 Å². The topological polar surface area (TPSA) is 83.4 Å². The molecule has 5 aromatic rings. The van der Waals surface area contributed by atoms with Gasteiger partial charge in [-0.2, -0.15) is 9.61 Å². The van der Waals surface area contributed by atoms with Crippen LogP contribution in [0.25, 0.3) is 16.9 Å². The van der Waals surface area contributed by atoms with E-state index in [1.807, 2.05) is 86.7 Å². The highest BCUT2D eigenvalue weighted by Gasteiger charge is 2.13. The van der Waals surface area contributed by atoms with Gasteiger partial charge in [-0.05, 0) is 51.8 Å². The lowest BCUT2D eigenvalue weighted by Gasteiger charge is -2.13. The largest absolute Gasteiger partial charge is 0.366 e. The number of carbonyl (C=O) groups excluding carboxylic acids is 1. The van der Waals surface area contributed by atoms with Crippen LogP contribution in [0.4, 0.5) is 22.0 Å². The van der Waals surface area contributed by atoms with Gasteiger partial charge in [-0.3, -0.25) is 0 Å². The van der Waals surface area contributed by atoms with E-state index in [2.05, 4.69) is 37.0 Å². The number of urea groups is 1. The van der Waals surface area contributed by atoms with Crippen molar-refractivity contribution in [2.45, 2.75) is 6.54 Å².